The van der Waals surface area contributed by atoms with Crippen LogP contribution < -0.4 is 11.5 Å². The Morgan fingerprint density at radius 3 is 2.13 bits per heavy atom. The Morgan fingerprint density at radius 2 is 1.87 bits per heavy atom. The van der Waals surface area contributed by atoms with Gasteiger partial charge in [-0.05, 0) is 0 Å². The molecule has 10 heteroatoms. The highest BCUT2D eigenvalue weighted by molar-refractivity contribution is 7.81. The lowest BCUT2D eigenvalue weighted by atomic mass is 10.1. The molecule has 9 nitrogen and oxygen atoms in total. The Balaban J connectivity index is 4.75. The van der Waals surface area contributed by atoms with Crippen molar-refractivity contribution < 1.29 is 31.8 Å². The summed E-state index contributed by atoms with van der Waals surface area (Å²) >= 11 is 0. The van der Waals surface area contributed by atoms with E-state index in [2.05, 4.69) is 4.18 Å². The molecule has 0 aliphatic carbocycles. The summed E-state index contributed by atoms with van der Waals surface area (Å²) < 4.78 is 32.5. The molecule has 0 fully saturated rings. The van der Waals surface area contributed by atoms with Gasteiger partial charge >= 0.3 is 16.4 Å². The monoisotopic (exact) mass is 242 g/mol. The summed E-state index contributed by atoms with van der Waals surface area (Å²) in [5.74, 6) is -2.73. The molecule has 1 atom stereocenters. The molecule has 1 amide bonds. The first-order chi connectivity index (χ1) is 6.57. The SMILES string of the molecule is NC(=O)CC[C@@](N)(OS(=O)(=O)O)C(=O)O. The summed E-state index contributed by atoms with van der Waals surface area (Å²) in [5.41, 5.74) is 7.01. The summed E-state index contributed by atoms with van der Waals surface area (Å²) in [6, 6.07) is 0. The summed E-state index contributed by atoms with van der Waals surface area (Å²) in [6.45, 7) is 0. The Kier molecular flexibility index (Phi) is 4.16. The van der Waals surface area contributed by atoms with Gasteiger partial charge in [0.1, 0.15) is 0 Å². The second-order valence-corrected chi connectivity index (χ2v) is 3.69. The van der Waals surface area contributed by atoms with Crippen LogP contribution in [0.1, 0.15) is 12.8 Å². The van der Waals surface area contributed by atoms with Crippen LogP contribution in [0.3, 0.4) is 0 Å². The number of hydrogen-bond donors (Lipinski definition) is 4. The van der Waals surface area contributed by atoms with E-state index < -0.39 is 40.8 Å². The predicted octanol–water partition coefficient (Wildman–Crippen LogP) is -2.19. The van der Waals surface area contributed by atoms with Crippen molar-refractivity contribution in [3.05, 3.63) is 0 Å². The van der Waals surface area contributed by atoms with Crippen molar-refractivity contribution >= 4 is 22.3 Å². The lowest BCUT2D eigenvalue weighted by Gasteiger charge is -2.21. The molecule has 0 aromatic rings. The minimum atomic E-state index is -5.03. The molecular formula is C5H10N2O7S. The normalized spacial score (nSPS) is 15.6. The highest BCUT2D eigenvalue weighted by atomic mass is 32.3. The van der Waals surface area contributed by atoms with Gasteiger partial charge in [-0.25, -0.2) is 8.98 Å². The van der Waals surface area contributed by atoms with Crippen molar-refractivity contribution in [2.24, 2.45) is 11.5 Å². The third-order valence-corrected chi connectivity index (χ3v) is 1.87. The van der Waals surface area contributed by atoms with Crippen molar-refractivity contribution in [3.63, 3.8) is 0 Å². The average molecular weight is 242 g/mol. The van der Waals surface area contributed by atoms with Crippen molar-refractivity contribution in [2.45, 2.75) is 18.6 Å². The number of amides is 1. The number of nitrogens with two attached hydrogens (primary N) is 2. The zero-order valence-electron chi connectivity index (χ0n) is 7.41. The fraction of sp³-hybridized carbons (Fsp3) is 0.600. The second kappa shape index (κ2) is 4.53. The first-order valence-corrected chi connectivity index (χ1v) is 4.92. The molecule has 0 bridgehead atoms. The van der Waals surface area contributed by atoms with Crippen LogP contribution in [0.25, 0.3) is 0 Å². The van der Waals surface area contributed by atoms with E-state index in [9.17, 15) is 18.0 Å². The van der Waals surface area contributed by atoms with Crippen LogP contribution >= 0.6 is 0 Å². The predicted molar refractivity (Wildman–Crippen MR) is 45.6 cm³/mol. The van der Waals surface area contributed by atoms with E-state index in [1.807, 2.05) is 0 Å². The molecule has 0 unspecified atom stereocenters. The highest BCUT2D eigenvalue weighted by Gasteiger charge is 2.40. The standard InChI is InChI=1S/C5H10N2O7S/c6-3(8)1-2-5(7,4(9)10)14-15(11,12)13/h1-2,7H2,(H2,6,8)(H,9,10)(H,11,12,13)/t5-/m1/s1. The molecule has 0 aliphatic rings. The number of carboxylic acid groups (broad SMARTS) is 1. The van der Waals surface area contributed by atoms with Crippen molar-refractivity contribution in [1.29, 1.82) is 0 Å². The fourth-order valence-corrected chi connectivity index (χ4v) is 1.21. The molecule has 0 radical (unpaired) electrons. The van der Waals surface area contributed by atoms with Gasteiger partial charge in [-0.1, -0.05) is 0 Å². The maximum Gasteiger partial charge on any atom is 0.399 e. The molecule has 0 spiro atoms. The minimum Gasteiger partial charge on any atom is -0.478 e. The van der Waals surface area contributed by atoms with Crippen LogP contribution in [0.5, 0.6) is 0 Å². The average Bonchev–Trinajstić information content (AvgIpc) is 1.97. The molecule has 15 heavy (non-hydrogen) atoms. The topological polar surface area (TPSA) is 170 Å². The van der Waals surface area contributed by atoms with Gasteiger partial charge in [0.25, 0.3) is 0 Å². The van der Waals surface area contributed by atoms with Crippen LogP contribution in [-0.2, 0) is 24.2 Å². The summed E-state index contributed by atoms with van der Waals surface area (Å²) in [5, 5.41) is 8.53. The Bertz CT molecular complexity index is 364. The van der Waals surface area contributed by atoms with E-state index in [1.165, 1.54) is 0 Å². The van der Waals surface area contributed by atoms with E-state index in [4.69, 9.17) is 21.1 Å². The first kappa shape index (κ1) is 13.8. The van der Waals surface area contributed by atoms with Gasteiger partial charge in [0.05, 0.1) is 0 Å². The fourth-order valence-electron chi connectivity index (χ4n) is 0.681. The number of carbonyl (C=O) groups excluding carboxylic acids is 1. The van der Waals surface area contributed by atoms with E-state index in [1.54, 1.807) is 0 Å². The van der Waals surface area contributed by atoms with Gasteiger partial charge in [-0.3, -0.25) is 15.1 Å². The second-order valence-electron chi connectivity index (χ2n) is 2.67. The van der Waals surface area contributed by atoms with Crippen LogP contribution in [0.2, 0.25) is 0 Å². The smallest absolute Gasteiger partial charge is 0.399 e. The van der Waals surface area contributed by atoms with Crippen LogP contribution in [-0.4, -0.2) is 35.7 Å². The molecule has 88 valence electrons. The number of hydrogen-bond acceptors (Lipinski definition) is 6. The quantitative estimate of drug-likeness (QED) is 0.300. The molecule has 0 rings (SSSR count). The number of rotatable bonds is 6. The number of carbonyl (C=O) groups is 2. The maximum absolute atomic E-state index is 10.5. The maximum atomic E-state index is 10.5. The number of carboxylic acids is 1. The molecule has 0 aromatic carbocycles. The van der Waals surface area contributed by atoms with E-state index >= 15 is 0 Å². The third-order valence-electron chi connectivity index (χ3n) is 1.36. The molecule has 6 N–H and O–H groups in total. The molecule has 0 saturated carbocycles. The Labute approximate surface area is 84.9 Å². The zero-order chi connectivity index (χ0) is 12.3. The first-order valence-electron chi connectivity index (χ1n) is 3.55. The molecule has 0 heterocycles. The lowest BCUT2D eigenvalue weighted by Crippen LogP contribution is -2.52. The van der Waals surface area contributed by atoms with Gasteiger partial charge in [-0.15, -0.1) is 0 Å². The van der Waals surface area contributed by atoms with Gasteiger partial charge in [0, 0.05) is 12.8 Å². The van der Waals surface area contributed by atoms with Crippen molar-refractivity contribution in [1.82, 2.24) is 0 Å². The van der Waals surface area contributed by atoms with Crippen LogP contribution in [0, 0.1) is 0 Å². The Hall–Kier alpha value is -1.23. The summed E-state index contributed by atoms with van der Waals surface area (Å²) in [6.07, 6.45) is -1.18. The van der Waals surface area contributed by atoms with E-state index in [0.29, 0.717) is 0 Å². The van der Waals surface area contributed by atoms with Gasteiger partial charge in [0.15, 0.2) is 0 Å². The summed E-state index contributed by atoms with van der Waals surface area (Å²) in [4.78, 5) is 20.9. The van der Waals surface area contributed by atoms with Crippen LogP contribution in [0.4, 0.5) is 0 Å². The third kappa shape index (κ3) is 5.27. The van der Waals surface area contributed by atoms with Gasteiger partial charge in [0.2, 0.25) is 11.6 Å². The largest absolute Gasteiger partial charge is 0.478 e. The minimum absolute atomic E-state index is 0.502. The molecule has 0 aromatic heterocycles. The van der Waals surface area contributed by atoms with Gasteiger partial charge in [-0.2, -0.15) is 8.42 Å². The number of aliphatic carboxylic acids is 1. The number of primary amides is 1. The molecule has 0 saturated heterocycles. The molecular weight excluding hydrogens is 232 g/mol. The van der Waals surface area contributed by atoms with E-state index in [0.717, 1.165) is 0 Å². The van der Waals surface area contributed by atoms with Crippen molar-refractivity contribution in [3.8, 4) is 0 Å². The summed E-state index contributed by atoms with van der Waals surface area (Å²) in [7, 11) is -5.03. The van der Waals surface area contributed by atoms with Gasteiger partial charge < -0.3 is 10.8 Å². The van der Waals surface area contributed by atoms with Crippen molar-refractivity contribution in [2.75, 3.05) is 0 Å². The Morgan fingerprint density at radius 1 is 1.40 bits per heavy atom. The lowest BCUT2D eigenvalue weighted by molar-refractivity contribution is -0.156. The highest BCUT2D eigenvalue weighted by Crippen LogP contribution is 2.14. The molecule has 0 aliphatic heterocycles. The van der Waals surface area contributed by atoms with Crippen LogP contribution in [0.15, 0.2) is 0 Å². The van der Waals surface area contributed by atoms with E-state index in [-0.39, 0.29) is 0 Å². The zero-order valence-corrected chi connectivity index (χ0v) is 8.23.